The minimum Gasteiger partial charge on any atom is -0.506 e. The van der Waals surface area contributed by atoms with Crippen LogP contribution in [0.25, 0.3) is 16.6 Å². The molecule has 0 atom stereocenters. The topological polar surface area (TPSA) is 68.0 Å². The maximum Gasteiger partial charge on any atom is 0.299 e. The summed E-state index contributed by atoms with van der Waals surface area (Å²) >= 11 is 0. The van der Waals surface area contributed by atoms with Crippen LogP contribution in [0.3, 0.4) is 0 Å². The molecular formula is C14H11N3O2. The van der Waals surface area contributed by atoms with E-state index in [0.29, 0.717) is 16.6 Å². The van der Waals surface area contributed by atoms with Crippen LogP contribution in [-0.4, -0.2) is 20.1 Å². The van der Waals surface area contributed by atoms with Gasteiger partial charge in [-0.15, -0.1) is 0 Å². The van der Waals surface area contributed by atoms with E-state index in [-0.39, 0.29) is 11.3 Å². The Morgan fingerprint density at radius 3 is 2.74 bits per heavy atom. The number of aryl methyl sites for hydroxylation is 1. The summed E-state index contributed by atoms with van der Waals surface area (Å²) in [5, 5.41) is 17.9. The summed E-state index contributed by atoms with van der Waals surface area (Å²) in [7, 11) is 0. The van der Waals surface area contributed by atoms with Crippen LogP contribution < -0.4 is 5.56 Å². The number of fused-ring (bicyclic) bond motifs is 1. The van der Waals surface area contributed by atoms with Crippen molar-refractivity contribution >= 4 is 10.9 Å². The fourth-order valence-corrected chi connectivity index (χ4v) is 2.02. The molecule has 3 aromatic rings. The van der Waals surface area contributed by atoms with Gasteiger partial charge in [0, 0.05) is 0 Å². The molecule has 1 aromatic heterocycles. The van der Waals surface area contributed by atoms with Crippen molar-refractivity contribution in [3.05, 3.63) is 58.4 Å². The van der Waals surface area contributed by atoms with E-state index in [9.17, 15) is 9.90 Å². The van der Waals surface area contributed by atoms with Gasteiger partial charge in [-0.05, 0) is 36.8 Å². The van der Waals surface area contributed by atoms with Gasteiger partial charge in [0.1, 0.15) is 11.4 Å². The number of para-hydroxylation sites is 1. The van der Waals surface area contributed by atoms with Crippen LogP contribution in [0.2, 0.25) is 0 Å². The lowest BCUT2D eigenvalue weighted by molar-refractivity contribution is 0.469. The van der Waals surface area contributed by atoms with Gasteiger partial charge in [-0.2, -0.15) is 0 Å². The Morgan fingerprint density at radius 1 is 1.16 bits per heavy atom. The molecule has 0 spiro atoms. The van der Waals surface area contributed by atoms with Crippen LogP contribution in [0.4, 0.5) is 0 Å². The third kappa shape index (κ3) is 1.85. The number of aromatic hydroxyl groups is 1. The summed E-state index contributed by atoms with van der Waals surface area (Å²) < 4.78 is 1.46. The van der Waals surface area contributed by atoms with Gasteiger partial charge in [0.25, 0.3) is 5.56 Å². The van der Waals surface area contributed by atoms with Crippen molar-refractivity contribution in [1.82, 2.24) is 15.0 Å². The second-order valence-corrected chi connectivity index (χ2v) is 4.32. The highest BCUT2D eigenvalue weighted by Crippen LogP contribution is 2.24. The number of rotatable bonds is 1. The Bertz CT molecular complexity index is 824. The van der Waals surface area contributed by atoms with Gasteiger partial charge in [0.15, 0.2) is 0 Å². The first-order valence-electron chi connectivity index (χ1n) is 5.81. The summed E-state index contributed by atoms with van der Waals surface area (Å²) in [6.07, 6.45) is 0. The third-order valence-corrected chi connectivity index (χ3v) is 2.95. The Labute approximate surface area is 108 Å². The summed E-state index contributed by atoms with van der Waals surface area (Å²) in [4.78, 5) is 11.7. The zero-order valence-electron chi connectivity index (χ0n) is 10.2. The summed E-state index contributed by atoms with van der Waals surface area (Å²) in [6.45, 7) is 1.89. The van der Waals surface area contributed by atoms with Crippen molar-refractivity contribution in [1.29, 1.82) is 0 Å². The molecule has 0 saturated carbocycles. The molecular weight excluding hydrogens is 242 g/mol. The molecule has 1 heterocycles. The van der Waals surface area contributed by atoms with Crippen molar-refractivity contribution < 1.29 is 5.11 Å². The lowest BCUT2D eigenvalue weighted by Crippen LogP contribution is -2.15. The lowest BCUT2D eigenvalue weighted by Gasteiger charge is -2.10. The highest BCUT2D eigenvalue weighted by atomic mass is 16.3. The molecule has 0 aliphatic rings. The average molecular weight is 253 g/mol. The van der Waals surface area contributed by atoms with E-state index in [2.05, 4.69) is 10.3 Å². The summed E-state index contributed by atoms with van der Waals surface area (Å²) in [5.41, 5.74) is 1.67. The number of hydrogen-bond donors (Lipinski definition) is 1. The zero-order chi connectivity index (χ0) is 13.4. The maximum absolute atomic E-state index is 11.7. The maximum atomic E-state index is 11.7. The van der Waals surface area contributed by atoms with Gasteiger partial charge < -0.3 is 5.11 Å². The molecule has 0 radical (unpaired) electrons. The molecule has 2 aromatic carbocycles. The Kier molecular flexibility index (Phi) is 2.52. The largest absolute Gasteiger partial charge is 0.506 e. The second kappa shape index (κ2) is 4.20. The number of aromatic nitrogens is 3. The predicted octanol–water partition coefficient (Wildman–Crippen LogP) is 1.79. The van der Waals surface area contributed by atoms with E-state index in [1.165, 1.54) is 4.68 Å². The van der Waals surface area contributed by atoms with E-state index >= 15 is 0 Å². The van der Waals surface area contributed by atoms with Crippen LogP contribution in [0.5, 0.6) is 5.75 Å². The fraction of sp³-hybridized carbons (Fsp3) is 0.0714. The van der Waals surface area contributed by atoms with Crippen molar-refractivity contribution in [3.63, 3.8) is 0 Å². The van der Waals surface area contributed by atoms with Crippen molar-refractivity contribution in [2.75, 3.05) is 0 Å². The second-order valence-electron chi connectivity index (χ2n) is 4.32. The molecule has 1 N–H and O–H groups in total. The van der Waals surface area contributed by atoms with E-state index in [0.717, 1.165) is 5.56 Å². The Balaban J connectivity index is 2.37. The number of nitrogens with zero attached hydrogens (tertiary/aromatic N) is 3. The molecule has 5 heteroatoms. The molecule has 3 rings (SSSR count). The Hall–Kier alpha value is -2.69. The van der Waals surface area contributed by atoms with Gasteiger partial charge >= 0.3 is 0 Å². The quantitative estimate of drug-likeness (QED) is 0.718. The molecule has 94 valence electrons. The van der Waals surface area contributed by atoms with Crippen molar-refractivity contribution in [3.8, 4) is 11.4 Å². The van der Waals surface area contributed by atoms with Gasteiger partial charge in [-0.25, -0.2) is 4.68 Å². The molecule has 0 aliphatic heterocycles. The SMILES string of the molecule is Cc1ccc(-n2nnc(=O)c3ccccc32)c(O)c1. The smallest absolute Gasteiger partial charge is 0.299 e. The molecule has 19 heavy (non-hydrogen) atoms. The van der Waals surface area contributed by atoms with E-state index in [1.807, 2.05) is 19.1 Å². The van der Waals surface area contributed by atoms with Crippen LogP contribution in [0.15, 0.2) is 47.3 Å². The van der Waals surface area contributed by atoms with Gasteiger partial charge in [-0.3, -0.25) is 4.79 Å². The van der Waals surface area contributed by atoms with Gasteiger partial charge in [0.2, 0.25) is 0 Å². The van der Waals surface area contributed by atoms with Crippen LogP contribution in [-0.2, 0) is 0 Å². The van der Waals surface area contributed by atoms with Crippen LogP contribution in [0.1, 0.15) is 5.56 Å². The number of benzene rings is 2. The fourth-order valence-electron chi connectivity index (χ4n) is 2.02. The van der Waals surface area contributed by atoms with Crippen molar-refractivity contribution in [2.24, 2.45) is 0 Å². The molecule has 0 unspecified atom stereocenters. The van der Waals surface area contributed by atoms with Crippen molar-refractivity contribution in [2.45, 2.75) is 6.92 Å². The van der Waals surface area contributed by atoms with E-state index in [4.69, 9.17) is 0 Å². The normalized spacial score (nSPS) is 10.8. The first-order valence-corrected chi connectivity index (χ1v) is 5.81. The number of phenolic OH excluding ortho intramolecular Hbond substituents is 1. The highest BCUT2D eigenvalue weighted by molar-refractivity contribution is 5.79. The summed E-state index contributed by atoms with van der Waals surface area (Å²) in [6, 6.07) is 12.3. The minimum atomic E-state index is -0.376. The van der Waals surface area contributed by atoms with E-state index in [1.54, 1.807) is 30.3 Å². The van der Waals surface area contributed by atoms with Gasteiger partial charge in [-0.1, -0.05) is 28.5 Å². The Morgan fingerprint density at radius 2 is 1.95 bits per heavy atom. The molecule has 5 nitrogen and oxygen atoms in total. The highest BCUT2D eigenvalue weighted by Gasteiger charge is 2.09. The average Bonchev–Trinajstić information content (AvgIpc) is 2.41. The van der Waals surface area contributed by atoms with E-state index < -0.39 is 0 Å². The lowest BCUT2D eigenvalue weighted by atomic mass is 10.2. The standard InChI is InChI=1S/C14H11N3O2/c1-9-6-7-12(13(18)8-9)17-11-5-3-2-4-10(11)14(19)15-16-17/h2-8,18H,1H3. The van der Waals surface area contributed by atoms with Gasteiger partial charge in [0.05, 0.1) is 10.9 Å². The number of hydrogen-bond acceptors (Lipinski definition) is 4. The molecule has 0 amide bonds. The third-order valence-electron chi connectivity index (χ3n) is 2.95. The molecule has 0 fully saturated rings. The van der Waals surface area contributed by atoms with Crippen LogP contribution >= 0.6 is 0 Å². The molecule has 0 bridgehead atoms. The monoisotopic (exact) mass is 253 g/mol. The summed E-state index contributed by atoms with van der Waals surface area (Å²) in [5.74, 6) is 0.100. The molecule has 0 saturated heterocycles. The number of phenols is 1. The zero-order valence-corrected chi connectivity index (χ0v) is 10.2. The first-order chi connectivity index (χ1) is 9.16. The first kappa shape index (κ1) is 11.4. The minimum absolute atomic E-state index is 0.100. The molecule has 0 aliphatic carbocycles. The predicted molar refractivity (Wildman–Crippen MR) is 71.5 cm³/mol. The van der Waals surface area contributed by atoms with Crippen LogP contribution in [0, 0.1) is 6.92 Å².